The molecule has 2 aromatic rings. The Morgan fingerprint density at radius 1 is 1.21 bits per heavy atom. The summed E-state index contributed by atoms with van der Waals surface area (Å²) in [5.41, 5.74) is 1.93. The lowest BCUT2D eigenvalue weighted by Gasteiger charge is -2.17. The number of imidazole rings is 1. The van der Waals surface area contributed by atoms with Gasteiger partial charge in [-0.25, -0.2) is 4.98 Å². The average molecular weight is 260 g/mol. The van der Waals surface area contributed by atoms with E-state index in [0.717, 1.165) is 41.4 Å². The van der Waals surface area contributed by atoms with E-state index < -0.39 is 0 Å². The highest BCUT2D eigenvalue weighted by atomic mass is 16.6. The van der Waals surface area contributed by atoms with E-state index in [-0.39, 0.29) is 0 Å². The number of rotatable bonds is 1. The van der Waals surface area contributed by atoms with Crippen LogP contribution in [0, 0.1) is 0 Å². The molecule has 5 heteroatoms. The Morgan fingerprint density at radius 3 is 2.74 bits per heavy atom. The molecule has 1 aromatic heterocycles. The van der Waals surface area contributed by atoms with Gasteiger partial charge in [0.2, 0.25) is 0 Å². The van der Waals surface area contributed by atoms with Crippen LogP contribution in [-0.4, -0.2) is 35.9 Å². The van der Waals surface area contributed by atoms with Crippen molar-refractivity contribution in [2.24, 2.45) is 0 Å². The van der Waals surface area contributed by atoms with E-state index in [4.69, 9.17) is 14.2 Å². The summed E-state index contributed by atoms with van der Waals surface area (Å²) in [5.74, 6) is 2.95. The van der Waals surface area contributed by atoms with Gasteiger partial charge in [0.15, 0.2) is 11.5 Å². The van der Waals surface area contributed by atoms with Crippen molar-refractivity contribution in [2.75, 3.05) is 19.8 Å². The Morgan fingerprint density at radius 2 is 2.00 bits per heavy atom. The van der Waals surface area contributed by atoms with Crippen molar-refractivity contribution in [1.29, 1.82) is 0 Å². The molecule has 1 saturated heterocycles. The summed E-state index contributed by atoms with van der Waals surface area (Å²) in [6.45, 7) is 4.05. The zero-order valence-corrected chi connectivity index (χ0v) is 10.8. The highest BCUT2D eigenvalue weighted by Gasteiger charge is 2.26. The molecule has 1 N–H and O–H groups in total. The van der Waals surface area contributed by atoms with Crippen molar-refractivity contribution >= 4 is 11.0 Å². The summed E-state index contributed by atoms with van der Waals surface area (Å²) in [7, 11) is 0. The van der Waals surface area contributed by atoms with Crippen molar-refractivity contribution in [3.05, 3.63) is 18.0 Å². The number of aromatic amines is 1. The number of fused-ring (bicyclic) bond motifs is 2. The molecule has 0 radical (unpaired) electrons. The Hall–Kier alpha value is -1.75. The minimum Gasteiger partial charge on any atom is -0.486 e. The van der Waals surface area contributed by atoms with Crippen molar-refractivity contribution < 1.29 is 14.2 Å². The highest BCUT2D eigenvalue weighted by molar-refractivity contribution is 5.80. The van der Waals surface area contributed by atoms with Gasteiger partial charge in [0.25, 0.3) is 0 Å². The second kappa shape index (κ2) is 4.13. The van der Waals surface area contributed by atoms with Gasteiger partial charge in [-0.05, 0) is 13.3 Å². The molecule has 0 saturated carbocycles. The van der Waals surface area contributed by atoms with Crippen molar-refractivity contribution in [3.63, 3.8) is 0 Å². The summed E-state index contributed by atoms with van der Waals surface area (Å²) < 4.78 is 16.8. The molecule has 0 amide bonds. The predicted octanol–water partition coefficient (Wildman–Crippen LogP) is 2.23. The van der Waals surface area contributed by atoms with Crippen LogP contribution in [0.1, 0.15) is 25.1 Å². The fraction of sp³-hybridized carbons (Fsp3) is 0.500. The molecule has 0 aliphatic carbocycles. The average Bonchev–Trinajstić information content (AvgIpc) is 3.01. The second-order valence-electron chi connectivity index (χ2n) is 5.21. The molecule has 1 fully saturated rings. The molecule has 2 aliphatic rings. The van der Waals surface area contributed by atoms with Crippen LogP contribution in [0.2, 0.25) is 0 Å². The topological polar surface area (TPSA) is 56.4 Å². The zero-order chi connectivity index (χ0) is 12.8. The molecule has 2 atom stereocenters. The highest BCUT2D eigenvalue weighted by Crippen LogP contribution is 2.35. The smallest absolute Gasteiger partial charge is 0.163 e. The Bertz CT molecular complexity index is 579. The minimum atomic E-state index is 0.318. The molecule has 4 rings (SSSR count). The summed E-state index contributed by atoms with van der Waals surface area (Å²) >= 11 is 0. The van der Waals surface area contributed by atoms with E-state index in [2.05, 4.69) is 16.9 Å². The van der Waals surface area contributed by atoms with Crippen LogP contribution in [0.4, 0.5) is 0 Å². The third-order valence-corrected chi connectivity index (χ3v) is 3.75. The third-order valence-electron chi connectivity index (χ3n) is 3.75. The van der Waals surface area contributed by atoms with Crippen LogP contribution in [0.25, 0.3) is 11.0 Å². The Balaban J connectivity index is 1.74. The number of hydrogen-bond acceptors (Lipinski definition) is 4. The first-order valence-electron chi connectivity index (χ1n) is 6.70. The molecule has 2 aliphatic heterocycles. The van der Waals surface area contributed by atoms with E-state index >= 15 is 0 Å². The summed E-state index contributed by atoms with van der Waals surface area (Å²) in [5, 5.41) is 0. The van der Waals surface area contributed by atoms with Crippen LogP contribution >= 0.6 is 0 Å². The molecule has 100 valence electrons. The number of nitrogens with one attached hydrogen (secondary N) is 1. The fourth-order valence-electron chi connectivity index (χ4n) is 2.77. The number of H-pyrrole nitrogens is 1. The molecule has 5 nitrogen and oxygen atoms in total. The van der Waals surface area contributed by atoms with Crippen LogP contribution < -0.4 is 9.47 Å². The van der Waals surface area contributed by atoms with Gasteiger partial charge in [0, 0.05) is 18.1 Å². The lowest BCUT2D eigenvalue weighted by Crippen LogP contribution is -2.15. The van der Waals surface area contributed by atoms with Crippen LogP contribution in [0.3, 0.4) is 0 Å². The Kier molecular flexibility index (Phi) is 2.41. The second-order valence-corrected chi connectivity index (χ2v) is 5.21. The maximum Gasteiger partial charge on any atom is 0.163 e. The molecular weight excluding hydrogens is 244 g/mol. The van der Waals surface area contributed by atoms with Gasteiger partial charge in [-0.3, -0.25) is 0 Å². The van der Waals surface area contributed by atoms with E-state index in [1.165, 1.54) is 0 Å². The van der Waals surface area contributed by atoms with Crippen LogP contribution in [-0.2, 0) is 4.74 Å². The maximum atomic E-state index is 5.61. The van der Waals surface area contributed by atoms with Gasteiger partial charge in [0.1, 0.15) is 19.0 Å². The molecule has 19 heavy (non-hydrogen) atoms. The molecule has 0 bridgehead atoms. The van der Waals surface area contributed by atoms with E-state index in [1.54, 1.807) is 0 Å². The van der Waals surface area contributed by atoms with Gasteiger partial charge in [-0.15, -0.1) is 0 Å². The molecular formula is C14H16N2O3. The first kappa shape index (κ1) is 11.1. The van der Waals surface area contributed by atoms with E-state index in [9.17, 15) is 0 Å². The monoisotopic (exact) mass is 260 g/mol. The molecule has 3 heterocycles. The first-order valence-corrected chi connectivity index (χ1v) is 6.70. The molecule has 1 aromatic carbocycles. The first-order chi connectivity index (χ1) is 9.29. The van der Waals surface area contributed by atoms with Crippen LogP contribution in [0.15, 0.2) is 12.1 Å². The normalized spacial score (nSPS) is 25.9. The van der Waals surface area contributed by atoms with Crippen LogP contribution in [0.5, 0.6) is 11.5 Å². The SMILES string of the molecule is CC1CC(c2nc3cc4c(cc3[nH]2)OCCO4)CO1. The predicted molar refractivity (Wildman–Crippen MR) is 69.9 cm³/mol. The van der Waals surface area contributed by atoms with E-state index in [0.29, 0.717) is 25.2 Å². The number of aromatic nitrogens is 2. The van der Waals surface area contributed by atoms with Gasteiger partial charge < -0.3 is 19.2 Å². The quantitative estimate of drug-likeness (QED) is 0.854. The number of benzene rings is 1. The van der Waals surface area contributed by atoms with Gasteiger partial charge in [-0.2, -0.15) is 0 Å². The van der Waals surface area contributed by atoms with Crippen molar-refractivity contribution in [3.8, 4) is 11.5 Å². The summed E-state index contributed by atoms with van der Waals surface area (Å²) in [6.07, 6.45) is 1.34. The summed E-state index contributed by atoms with van der Waals surface area (Å²) in [6, 6.07) is 3.92. The molecule has 2 unspecified atom stereocenters. The van der Waals surface area contributed by atoms with Gasteiger partial charge in [-0.1, -0.05) is 0 Å². The maximum absolute atomic E-state index is 5.61. The third kappa shape index (κ3) is 1.85. The lowest BCUT2D eigenvalue weighted by molar-refractivity contribution is 0.123. The van der Waals surface area contributed by atoms with Gasteiger partial charge in [0.05, 0.1) is 23.7 Å². The van der Waals surface area contributed by atoms with Crippen molar-refractivity contribution in [1.82, 2.24) is 9.97 Å². The van der Waals surface area contributed by atoms with E-state index in [1.807, 2.05) is 12.1 Å². The largest absolute Gasteiger partial charge is 0.486 e. The zero-order valence-electron chi connectivity index (χ0n) is 10.8. The lowest BCUT2D eigenvalue weighted by atomic mass is 10.1. The van der Waals surface area contributed by atoms with Crippen molar-refractivity contribution in [2.45, 2.75) is 25.4 Å². The summed E-state index contributed by atoms with van der Waals surface area (Å²) in [4.78, 5) is 8.05. The number of hydrogen-bond donors (Lipinski definition) is 1. The van der Waals surface area contributed by atoms with Gasteiger partial charge >= 0.3 is 0 Å². The number of nitrogens with zero attached hydrogens (tertiary/aromatic N) is 1. The molecule has 0 spiro atoms. The fourth-order valence-corrected chi connectivity index (χ4v) is 2.77. The number of ether oxygens (including phenoxy) is 3. The minimum absolute atomic E-state index is 0.318. The standard InChI is InChI=1S/C14H16N2O3/c1-8-4-9(7-19-8)14-15-10-5-12-13(6-11(10)16-14)18-3-2-17-12/h5-6,8-9H,2-4,7H2,1H3,(H,15,16). The Labute approximate surface area is 110 Å².